The summed E-state index contributed by atoms with van der Waals surface area (Å²) in [4.78, 5) is 9.19. The molecule has 188 valence electrons. The standard InChI is InChI=1S/C21H28N2.C11H16O/c1-2-3-5-8-17-11-13-18(14-12-17)20-15-22-21(23-16-20)19-9-6-4-7-10-19;1-3-4-9-12-11-8-6-5-7-10(11)2/h4,6-7,9-10,15-18H,2-3,5,8,11-14H2,1H3;5-8H,3-4,9H2,1-2H3. The van der Waals surface area contributed by atoms with E-state index in [9.17, 15) is 0 Å². The van der Waals surface area contributed by atoms with E-state index in [4.69, 9.17) is 4.74 Å². The summed E-state index contributed by atoms with van der Waals surface area (Å²) in [5, 5.41) is 0. The van der Waals surface area contributed by atoms with Gasteiger partial charge in [0.05, 0.1) is 6.61 Å². The monoisotopic (exact) mass is 472 g/mol. The Morgan fingerprint density at radius 2 is 1.43 bits per heavy atom. The number of aryl methyl sites for hydroxylation is 1. The lowest BCUT2D eigenvalue weighted by Gasteiger charge is -2.28. The van der Waals surface area contributed by atoms with Crippen LogP contribution in [0, 0.1) is 12.8 Å². The first kappa shape index (κ1) is 26.9. The minimum atomic E-state index is 0.669. The molecule has 3 aromatic rings. The van der Waals surface area contributed by atoms with Crippen LogP contribution in [0.5, 0.6) is 5.75 Å². The van der Waals surface area contributed by atoms with Crippen molar-refractivity contribution in [1.82, 2.24) is 9.97 Å². The normalized spacial score (nSPS) is 17.3. The van der Waals surface area contributed by atoms with Gasteiger partial charge in [-0.05, 0) is 68.1 Å². The molecule has 1 saturated carbocycles. The summed E-state index contributed by atoms with van der Waals surface area (Å²) in [5.41, 5.74) is 3.64. The topological polar surface area (TPSA) is 35.0 Å². The third-order valence-electron chi connectivity index (χ3n) is 7.09. The van der Waals surface area contributed by atoms with Crippen LogP contribution in [0.4, 0.5) is 0 Å². The van der Waals surface area contributed by atoms with Crippen molar-refractivity contribution < 1.29 is 4.74 Å². The van der Waals surface area contributed by atoms with Gasteiger partial charge in [0.25, 0.3) is 0 Å². The number of unbranched alkanes of at least 4 members (excludes halogenated alkanes) is 3. The fourth-order valence-electron chi connectivity index (χ4n) is 4.80. The molecule has 0 saturated heterocycles. The van der Waals surface area contributed by atoms with Crippen LogP contribution in [0.3, 0.4) is 0 Å². The Morgan fingerprint density at radius 3 is 2.09 bits per heavy atom. The molecule has 0 amide bonds. The van der Waals surface area contributed by atoms with E-state index < -0.39 is 0 Å². The maximum atomic E-state index is 5.58. The van der Waals surface area contributed by atoms with E-state index in [0.29, 0.717) is 5.92 Å². The molecule has 1 fully saturated rings. The van der Waals surface area contributed by atoms with E-state index in [1.54, 1.807) is 0 Å². The van der Waals surface area contributed by atoms with Crippen LogP contribution >= 0.6 is 0 Å². The molecule has 1 aliphatic rings. The highest BCUT2D eigenvalue weighted by atomic mass is 16.5. The molecule has 1 aliphatic carbocycles. The zero-order valence-electron chi connectivity index (χ0n) is 22.1. The Labute approximate surface area is 213 Å². The number of ether oxygens (including phenoxy) is 1. The first-order chi connectivity index (χ1) is 17.2. The van der Waals surface area contributed by atoms with Crippen LogP contribution < -0.4 is 4.74 Å². The smallest absolute Gasteiger partial charge is 0.159 e. The molecule has 0 spiro atoms. The maximum Gasteiger partial charge on any atom is 0.159 e. The van der Waals surface area contributed by atoms with Gasteiger partial charge in [-0.3, -0.25) is 0 Å². The third-order valence-corrected chi connectivity index (χ3v) is 7.09. The van der Waals surface area contributed by atoms with Gasteiger partial charge < -0.3 is 4.74 Å². The van der Waals surface area contributed by atoms with E-state index >= 15 is 0 Å². The second-order valence-corrected chi connectivity index (χ2v) is 9.89. The van der Waals surface area contributed by atoms with E-state index in [1.165, 1.54) is 68.9 Å². The van der Waals surface area contributed by atoms with Gasteiger partial charge in [0, 0.05) is 18.0 Å². The SMILES string of the molecule is CCCCCC1CCC(c2cnc(-c3ccccc3)nc2)CC1.CCCCOc1ccccc1C. The summed E-state index contributed by atoms with van der Waals surface area (Å²) in [7, 11) is 0. The van der Waals surface area contributed by atoms with Crippen LogP contribution in [0.2, 0.25) is 0 Å². The van der Waals surface area contributed by atoms with Crippen molar-refractivity contribution in [3.63, 3.8) is 0 Å². The van der Waals surface area contributed by atoms with Crippen molar-refractivity contribution in [2.24, 2.45) is 5.92 Å². The molecule has 0 aliphatic heterocycles. The Hall–Kier alpha value is -2.68. The van der Waals surface area contributed by atoms with E-state index in [-0.39, 0.29) is 0 Å². The average molecular weight is 473 g/mol. The number of hydrogen-bond acceptors (Lipinski definition) is 3. The highest BCUT2D eigenvalue weighted by molar-refractivity contribution is 5.54. The summed E-state index contributed by atoms with van der Waals surface area (Å²) >= 11 is 0. The van der Waals surface area contributed by atoms with Gasteiger partial charge in [-0.25, -0.2) is 9.97 Å². The Balaban J connectivity index is 0.000000241. The molecule has 0 unspecified atom stereocenters. The molecular weight excluding hydrogens is 428 g/mol. The summed E-state index contributed by atoms with van der Waals surface area (Å²) in [6.45, 7) is 7.36. The van der Waals surface area contributed by atoms with Crippen LogP contribution in [-0.2, 0) is 0 Å². The van der Waals surface area contributed by atoms with Crippen LogP contribution in [-0.4, -0.2) is 16.6 Å². The molecule has 0 radical (unpaired) electrons. The van der Waals surface area contributed by atoms with Crippen molar-refractivity contribution in [2.45, 2.75) is 90.9 Å². The molecule has 1 aromatic heterocycles. The highest BCUT2D eigenvalue weighted by Gasteiger charge is 2.22. The maximum absolute atomic E-state index is 5.58. The number of para-hydroxylation sites is 1. The third kappa shape index (κ3) is 9.12. The molecule has 2 aromatic carbocycles. The van der Waals surface area contributed by atoms with Gasteiger partial charge >= 0.3 is 0 Å². The largest absolute Gasteiger partial charge is 0.493 e. The number of rotatable bonds is 10. The van der Waals surface area contributed by atoms with Crippen LogP contribution in [0.1, 0.15) is 95.1 Å². The first-order valence-corrected chi connectivity index (χ1v) is 13.8. The number of nitrogens with zero attached hydrogens (tertiary/aromatic N) is 2. The molecule has 3 nitrogen and oxygen atoms in total. The van der Waals surface area contributed by atoms with Gasteiger partial charge in [-0.15, -0.1) is 0 Å². The lowest BCUT2D eigenvalue weighted by molar-refractivity contribution is 0.302. The Morgan fingerprint density at radius 1 is 0.771 bits per heavy atom. The second-order valence-electron chi connectivity index (χ2n) is 9.89. The number of aromatic nitrogens is 2. The van der Waals surface area contributed by atoms with Crippen molar-refractivity contribution in [3.8, 4) is 17.1 Å². The second kappa shape index (κ2) is 15.3. The fourth-order valence-corrected chi connectivity index (χ4v) is 4.80. The molecule has 0 N–H and O–H groups in total. The number of hydrogen-bond donors (Lipinski definition) is 0. The van der Waals surface area contributed by atoms with Crippen molar-refractivity contribution in [3.05, 3.63) is 78.1 Å². The molecule has 4 rings (SSSR count). The predicted molar refractivity (Wildman–Crippen MR) is 148 cm³/mol. The quantitative estimate of drug-likeness (QED) is 0.276. The van der Waals surface area contributed by atoms with Gasteiger partial charge in [0.1, 0.15) is 5.75 Å². The minimum absolute atomic E-state index is 0.669. The molecule has 1 heterocycles. The molecule has 0 atom stereocenters. The summed E-state index contributed by atoms with van der Waals surface area (Å²) < 4.78 is 5.58. The van der Waals surface area contributed by atoms with Gasteiger partial charge in [0.2, 0.25) is 0 Å². The van der Waals surface area contributed by atoms with Gasteiger partial charge in [-0.1, -0.05) is 94.5 Å². The highest BCUT2D eigenvalue weighted by Crippen LogP contribution is 2.37. The molecular formula is C32H44N2O. The van der Waals surface area contributed by atoms with Gasteiger partial charge in [-0.2, -0.15) is 0 Å². The molecule has 3 heteroatoms. The summed E-state index contributed by atoms with van der Waals surface area (Å²) in [5.74, 6) is 3.48. The molecule has 0 bridgehead atoms. The van der Waals surface area contributed by atoms with Crippen LogP contribution in [0.15, 0.2) is 67.0 Å². The van der Waals surface area contributed by atoms with Crippen molar-refractivity contribution >= 4 is 0 Å². The lowest BCUT2D eigenvalue weighted by Crippen LogP contribution is -2.13. The minimum Gasteiger partial charge on any atom is -0.493 e. The fraction of sp³-hybridized carbons (Fsp3) is 0.500. The summed E-state index contributed by atoms with van der Waals surface area (Å²) in [6.07, 6.45) is 17.4. The summed E-state index contributed by atoms with van der Waals surface area (Å²) in [6, 6.07) is 18.4. The van der Waals surface area contributed by atoms with E-state index in [2.05, 4.69) is 61.3 Å². The van der Waals surface area contributed by atoms with Crippen molar-refractivity contribution in [1.29, 1.82) is 0 Å². The van der Waals surface area contributed by atoms with E-state index in [1.807, 2.05) is 36.4 Å². The Kier molecular flexibility index (Phi) is 11.8. The average Bonchev–Trinajstić information content (AvgIpc) is 2.91. The zero-order valence-corrected chi connectivity index (χ0v) is 22.1. The van der Waals surface area contributed by atoms with Gasteiger partial charge in [0.15, 0.2) is 5.82 Å². The Bertz CT molecular complexity index is 947. The number of benzene rings is 2. The zero-order chi connectivity index (χ0) is 24.7. The lowest BCUT2D eigenvalue weighted by atomic mass is 9.77. The van der Waals surface area contributed by atoms with E-state index in [0.717, 1.165) is 36.1 Å². The molecule has 35 heavy (non-hydrogen) atoms. The van der Waals surface area contributed by atoms with Crippen LogP contribution in [0.25, 0.3) is 11.4 Å². The first-order valence-electron chi connectivity index (χ1n) is 13.8. The predicted octanol–water partition coefficient (Wildman–Crippen LogP) is 9.17. The van der Waals surface area contributed by atoms with Crippen molar-refractivity contribution in [2.75, 3.05) is 6.61 Å².